The first-order valence-corrected chi connectivity index (χ1v) is 5.25. The summed E-state index contributed by atoms with van der Waals surface area (Å²) in [5.74, 6) is 0.321. The molecule has 0 fully saturated rings. The summed E-state index contributed by atoms with van der Waals surface area (Å²) in [5.41, 5.74) is 0.890. The fourth-order valence-electron chi connectivity index (χ4n) is 1.37. The molecule has 0 aromatic heterocycles. The highest BCUT2D eigenvalue weighted by atomic mass is 35.5. The third-order valence-electron chi connectivity index (χ3n) is 2.33. The van der Waals surface area contributed by atoms with Crippen molar-refractivity contribution in [2.75, 3.05) is 13.1 Å². The molecule has 0 spiro atoms. The summed E-state index contributed by atoms with van der Waals surface area (Å²) in [6.07, 6.45) is 0. The minimum absolute atomic E-state index is 0.321. The molecule has 0 unspecified atom stereocenters. The fraction of sp³-hybridized carbons (Fsp3) is 0.455. The molecule has 0 bridgehead atoms. The van der Waals surface area contributed by atoms with Gasteiger partial charge in [0, 0.05) is 17.1 Å². The Labute approximate surface area is 90.1 Å². The molecule has 3 heteroatoms. The molecule has 0 heterocycles. The SMILES string of the molecule is CCN(CC)Cc1cc(Cl)ccc1O. The molecule has 14 heavy (non-hydrogen) atoms. The lowest BCUT2D eigenvalue weighted by molar-refractivity contribution is 0.291. The molecule has 2 nitrogen and oxygen atoms in total. The van der Waals surface area contributed by atoms with Gasteiger partial charge in [0.05, 0.1) is 0 Å². The summed E-state index contributed by atoms with van der Waals surface area (Å²) in [4.78, 5) is 2.23. The van der Waals surface area contributed by atoms with E-state index < -0.39 is 0 Å². The van der Waals surface area contributed by atoms with Crippen LogP contribution in [0.3, 0.4) is 0 Å². The van der Waals surface area contributed by atoms with Crippen LogP contribution in [0, 0.1) is 0 Å². The second-order valence-corrected chi connectivity index (χ2v) is 3.67. The standard InChI is InChI=1S/C11H16ClNO/c1-3-13(4-2)8-9-7-10(12)5-6-11(9)14/h5-7,14H,3-4,8H2,1-2H3. The zero-order chi connectivity index (χ0) is 10.6. The van der Waals surface area contributed by atoms with Gasteiger partial charge in [-0.05, 0) is 31.3 Å². The molecule has 1 aromatic rings. The lowest BCUT2D eigenvalue weighted by Gasteiger charge is -2.18. The molecule has 0 aliphatic carbocycles. The van der Waals surface area contributed by atoms with Gasteiger partial charge in [-0.15, -0.1) is 0 Å². The smallest absolute Gasteiger partial charge is 0.120 e. The van der Waals surface area contributed by atoms with Crippen LogP contribution in [0.1, 0.15) is 19.4 Å². The van der Waals surface area contributed by atoms with Gasteiger partial charge in [-0.3, -0.25) is 4.90 Å². The molecule has 0 amide bonds. The second kappa shape index (κ2) is 5.23. The van der Waals surface area contributed by atoms with Crippen molar-refractivity contribution in [1.82, 2.24) is 4.90 Å². The molecule has 1 rings (SSSR count). The average Bonchev–Trinajstić information content (AvgIpc) is 2.19. The molecule has 0 aliphatic heterocycles. The largest absolute Gasteiger partial charge is 0.508 e. The number of aromatic hydroxyl groups is 1. The Morgan fingerprint density at radius 3 is 2.50 bits per heavy atom. The van der Waals surface area contributed by atoms with Crippen molar-refractivity contribution in [2.24, 2.45) is 0 Å². The van der Waals surface area contributed by atoms with Gasteiger partial charge in [0.1, 0.15) is 5.75 Å². The molecule has 0 radical (unpaired) electrons. The number of phenolic OH excluding ortho intramolecular Hbond substituents is 1. The van der Waals surface area contributed by atoms with Gasteiger partial charge < -0.3 is 5.11 Å². The predicted molar refractivity (Wildman–Crippen MR) is 59.7 cm³/mol. The Hall–Kier alpha value is -0.730. The summed E-state index contributed by atoms with van der Waals surface area (Å²) in [6, 6.07) is 5.15. The van der Waals surface area contributed by atoms with Gasteiger partial charge in [0.15, 0.2) is 0 Å². The average molecular weight is 214 g/mol. The molecule has 78 valence electrons. The van der Waals surface area contributed by atoms with E-state index in [1.807, 2.05) is 6.07 Å². The highest BCUT2D eigenvalue weighted by molar-refractivity contribution is 6.30. The van der Waals surface area contributed by atoms with E-state index in [-0.39, 0.29) is 0 Å². The summed E-state index contributed by atoms with van der Waals surface area (Å²) in [5, 5.41) is 10.3. The van der Waals surface area contributed by atoms with E-state index in [0.717, 1.165) is 25.2 Å². The maximum Gasteiger partial charge on any atom is 0.120 e. The molecule has 0 saturated carbocycles. The van der Waals surface area contributed by atoms with Gasteiger partial charge in [-0.2, -0.15) is 0 Å². The predicted octanol–water partition coefficient (Wildman–Crippen LogP) is 2.89. The number of benzene rings is 1. The van der Waals surface area contributed by atoms with Crippen molar-refractivity contribution in [3.63, 3.8) is 0 Å². The maximum absolute atomic E-state index is 9.59. The van der Waals surface area contributed by atoms with Crippen LogP contribution in [0.15, 0.2) is 18.2 Å². The highest BCUT2D eigenvalue weighted by Gasteiger charge is 2.06. The Morgan fingerprint density at radius 1 is 1.29 bits per heavy atom. The molecule has 1 N–H and O–H groups in total. The van der Waals surface area contributed by atoms with E-state index >= 15 is 0 Å². The highest BCUT2D eigenvalue weighted by Crippen LogP contribution is 2.22. The summed E-state index contributed by atoms with van der Waals surface area (Å²) >= 11 is 5.86. The first-order chi connectivity index (χ1) is 6.67. The molecule has 0 saturated heterocycles. The maximum atomic E-state index is 9.59. The zero-order valence-corrected chi connectivity index (χ0v) is 9.38. The molecular formula is C11H16ClNO. The Bertz CT molecular complexity index is 297. The van der Waals surface area contributed by atoms with Crippen LogP contribution >= 0.6 is 11.6 Å². The Morgan fingerprint density at radius 2 is 1.93 bits per heavy atom. The van der Waals surface area contributed by atoms with E-state index in [1.54, 1.807) is 12.1 Å². The van der Waals surface area contributed by atoms with E-state index in [4.69, 9.17) is 11.6 Å². The van der Waals surface area contributed by atoms with Gasteiger partial charge in [-0.1, -0.05) is 25.4 Å². The number of hydrogen-bond donors (Lipinski definition) is 1. The van der Waals surface area contributed by atoms with Crippen molar-refractivity contribution in [1.29, 1.82) is 0 Å². The number of rotatable bonds is 4. The fourth-order valence-corrected chi connectivity index (χ4v) is 1.56. The number of phenols is 1. The summed E-state index contributed by atoms with van der Waals surface area (Å²) in [7, 11) is 0. The quantitative estimate of drug-likeness (QED) is 0.832. The third kappa shape index (κ3) is 2.89. The molecule has 0 aliphatic rings. The van der Waals surface area contributed by atoms with Gasteiger partial charge in [0.2, 0.25) is 0 Å². The van der Waals surface area contributed by atoms with Crippen LogP contribution in [0.2, 0.25) is 5.02 Å². The van der Waals surface area contributed by atoms with E-state index in [9.17, 15) is 5.11 Å². The second-order valence-electron chi connectivity index (χ2n) is 3.23. The van der Waals surface area contributed by atoms with E-state index in [0.29, 0.717) is 10.8 Å². The lowest BCUT2D eigenvalue weighted by Crippen LogP contribution is -2.22. The van der Waals surface area contributed by atoms with Crippen molar-refractivity contribution in [3.8, 4) is 5.75 Å². The first kappa shape index (κ1) is 11.3. The van der Waals surface area contributed by atoms with Crippen LogP contribution < -0.4 is 0 Å². The summed E-state index contributed by atoms with van der Waals surface area (Å²) < 4.78 is 0. The van der Waals surface area contributed by atoms with Gasteiger partial charge in [0.25, 0.3) is 0 Å². The molecule has 0 atom stereocenters. The van der Waals surface area contributed by atoms with Crippen LogP contribution in [-0.2, 0) is 6.54 Å². The summed E-state index contributed by atoms with van der Waals surface area (Å²) in [6.45, 7) is 6.90. The van der Waals surface area contributed by atoms with Crippen LogP contribution in [0.5, 0.6) is 5.75 Å². The molecular weight excluding hydrogens is 198 g/mol. The topological polar surface area (TPSA) is 23.5 Å². The van der Waals surface area contributed by atoms with Crippen LogP contribution in [0.4, 0.5) is 0 Å². The Kier molecular flexibility index (Phi) is 4.23. The van der Waals surface area contributed by atoms with E-state index in [1.165, 1.54) is 0 Å². The number of hydrogen-bond acceptors (Lipinski definition) is 2. The van der Waals surface area contributed by atoms with Crippen molar-refractivity contribution < 1.29 is 5.11 Å². The van der Waals surface area contributed by atoms with Crippen LogP contribution in [0.25, 0.3) is 0 Å². The molecule has 1 aromatic carbocycles. The third-order valence-corrected chi connectivity index (χ3v) is 2.57. The minimum atomic E-state index is 0.321. The zero-order valence-electron chi connectivity index (χ0n) is 8.63. The Balaban J connectivity index is 2.79. The lowest BCUT2D eigenvalue weighted by atomic mass is 10.2. The van der Waals surface area contributed by atoms with Gasteiger partial charge >= 0.3 is 0 Å². The minimum Gasteiger partial charge on any atom is -0.508 e. The normalized spacial score (nSPS) is 10.9. The van der Waals surface area contributed by atoms with E-state index in [2.05, 4.69) is 18.7 Å². The first-order valence-electron chi connectivity index (χ1n) is 4.87. The van der Waals surface area contributed by atoms with Crippen molar-refractivity contribution in [3.05, 3.63) is 28.8 Å². The van der Waals surface area contributed by atoms with Crippen molar-refractivity contribution >= 4 is 11.6 Å². The number of halogens is 1. The van der Waals surface area contributed by atoms with Crippen molar-refractivity contribution in [2.45, 2.75) is 20.4 Å². The number of nitrogens with zero attached hydrogens (tertiary/aromatic N) is 1. The van der Waals surface area contributed by atoms with Gasteiger partial charge in [-0.25, -0.2) is 0 Å². The monoisotopic (exact) mass is 213 g/mol. The van der Waals surface area contributed by atoms with Crippen LogP contribution in [-0.4, -0.2) is 23.1 Å².